The Balaban J connectivity index is 1.92. The molecule has 0 aromatic carbocycles. The van der Waals surface area contributed by atoms with E-state index in [0.29, 0.717) is 13.2 Å². The standard InChI is InChI=1S/C14H21F2N3O2S/c1-4-21-9(2)12-18-10(7-22-12)6-19(3)13(20)11-5-14(15,16)8-17-11/h7,9,11,17H,4-6,8H2,1-3H3. The van der Waals surface area contributed by atoms with Crippen LogP contribution in [0.1, 0.15) is 37.1 Å². The third kappa shape index (κ3) is 4.21. The fourth-order valence-corrected chi connectivity index (χ4v) is 3.19. The monoisotopic (exact) mass is 333 g/mol. The van der Waals surface area contributed by atoms with Crippen LogP contribution in [0.3, 0.4) is 0 Å². The molecular formula is C14H21F2N3O2S. The zero-order valence-electron chi connectivity index (χ0n) is 12.9. The maximum Gasteiger partial charge on any atom is 0.262 e. The highest BCUT2D eigenvalue weighted by Crippen LogP contribution is 2.26. The highest BCUT2D eigenvalue weighted by atomic mass is 32.1. The van der Waals surface area contributed by atoms with Crippen molar-refractivity contribution in [3.8, 4) is 0 Å². The van der Waals surface area contributed by atoms with E-state index in [1.165, 1.54) is 16.2 Å². The first-order valence-corrected chi connectivity index (χ1v) is 8.12. The molecule has 0 radical (unpaired) electrons. The van der Waals surface area contributed by atoms with Crippen LogP contribution in [0.2, 0.25) is 0 Å². The fourth-order valence-electron chi connectivity index (χ4n) is 2.38. The second-order valence-corrected chi connectivity index (χ2v) is 6.35. The topological polar surface area (TPSA) is 54.5 Å². The van der Waals surface area contributed by atoms with Crippen molar-refractivity contribution in [3.05, 3.63) is 16.1 Å². The third-order valence-corrected chi connectivity index (χ3v) is 4.57. The molecule has 1 amide bonds. The van der Waals surface area contributed by atoms with Crippen LogP contribution in [0.5, 0.6) is 0 Å². The molecule has 1 aromatic heterocycles. The van der Waals surface area contributed by atoms with Crippen LogP contribution < -0.4 is 5.32 Å². The minimum absolute atomic E-state index is 0.0834. The summed E-state index contributed by atoms with van der Waals surface area (Å²) in [6.07, 6.45) is -0.528. The van der Waals surface area contributed by atoms with Crippen LogP contribution in [0.4, 0.5) is 8.78 Å². The van der Waals surface area contributed by atoms with Crippen LogP contribution in [0.15, 0.2) is 5.38 Å². The fraction of sp³-hybridized carbons (Fsp3) is 0.714. The Bertz CT molecular complexity index is 524. The van der Waals surface area contributed by atoms with Gasteiger partial charge in [-0.2, -0.15) is 0 Å². The Kier molecular flexibility index (Phi) is 5.46. The molecule has 5 nitrogen and oxygen atoms in total. The second-order valence-electron chi connectivity index (χ2n) is 5.46. The van der Waals surface area contributed by atoms with Gasteiger partial charge in [-0.1, -0.05) is 0 Å². The first-order valence-electron chi connectivity index (χ1n) is 7.24. The third-order valence-electron chi connectivity index (χ3n) is 3.52. The number of nitrogens with one attached hydrogen (secondary N) is 1. The van der Waals surface area contributed by atoms with Crippen LogP contribution >= 0.6 is 11.3 Å². The van der Waals surface area contributed by atoms with E-state index in [1.54, 1.807) is 7.05 Å². The molecular weight excluding hydrogens is 312 g/mol. The number of thiazole rings is 1. The van der Waals surface area contributed by atoms with Gasteiger partial charge in [0.1, 0.15) is 11.1 Å². The van der Waals surface area contributed by atoms with Gasteiger partial charge in [0, 0.05) is 25.5 Å². The highest BCUT2D eigenvalue weighted by Gasteiger charge is 2.43. The number of likely N-dealkylation sites (N-methyl/N-ethyl adjacent to an activating group) is 1. The number of hydrogen-bond acceptors (Lipinski definition) is 5. The lowest BCUT2D eigenvalue weighted by atomic mass is 10.1. The van der Waals surface area contributed by atoms with Gasteiger partial charge in [0.15, 0.2) is 0 Å². The van der Waals surface area contributed by atoms with Crippen molar-refractivity contribution in [3.63, 3.8) is 0 Å². The average molecular weight is 333 g/mol. The van der Waals surface area contributed by atoms with Crippen molar-refractivity contribution >= 4 is 17.2 Å². The summed E-state index contributed by atoms with van der Waals surface area (Å²) < 4.78 is 31.8. The maximum atomic E-state index is 13.2. The van der Waals surface area contributed by atoms with Crippen LogP contribution in [-0.2, 0) is 16.1 Å². The lowest BCUT2D eigenvalue weighted by Crippen LogP contribution is -2.41. The molecule has 1 aromatic rings. The minimum atomic E-state index is -2.80. The van der Waals surface area contributed by atoms with Crippen LogP contribution in [0, 0.1) is 0 Å². The summed E-state index contributed by atoms with van der Waals surface area (Å²) >= 11 is 1.47. The predicted octanol–water partition coefficient (Wildman–Crippen LogP) is 2.20. The van der Waals surface area contributed by atoms with Gasteiger partial charge in [-0.3, -0.25) is 10.1 Å². The SMILES string of the molecule is CCOC(C)c1nc(CN(C)C(=O)C2CC(F)(F)CN2)cs1. The first kappa shape index (κ1) is 17.2. The predicted molar refractivity (Wildman–Crippen MR) is 80.0 cm³/mol. The van der Waals surface area contributed by atoms with Crippen molar-refractivity contribution in [2.24, 2.45) is 0 Å². The summed E-state index contributed by atoms with van der Waals surface area (Å²) in [6, 6.07) is -0.819. The molecule has 2 unspecified atom stereocenters. The molecule has 22 heavy (non-hydrogen) atoms. The number of ether oxygens (including phenoxy) is 1. The zero-order valence-corrected chi connectivity index (χ0v) is 13.8. The highest BCUT2D eigenvalue weighted by molar-refractivity contribution is 7.09. The smallest absolute Gasteiger partial charge is 0.262 e. The summed E-state index contributed by atoms with van der Waals surface area (Å²) in [7, 11) is 1.60. The molecule has 1 aliphatic rings. The molecule has 8 heteroatoms. The van der Waals surface area contributed by atoms with Gasteiger partial charge in [-0.25, -0.2) is 13.8 Å². The Hall–Kier alpha value is -1.12. The molecule has 2 rings (SSSR count). The number of rotatable bonds is 6. The molecule has 0 saturated carbocycles. The van der Waals surface area contributed by atoms with Crippen LogP contribution in [-0.4, -0.2) is 48.0 Å². The number of amides is 1. The molecule has 0 aliphatic carbocycles. The van der Waals surface area contributed by atoms with E-state index in [1.807, 2.05) is 19.2 Å². The van der Waals surface area contributed by atoms with E-state index in [4.69, 9.17) is 4.74 Å². The van der Waals surface area contributed by atoms with Gasteiger partial charge in [0.05, 0.1) is 24.8 Å². The van der Waals surface area contributed by atoms with Crippen molar-refractivity contribution in [1.29, 1.82) is 0 Å². The van der Waals surface area contributed by atoms with Gasteiger partial charge in [-0.15, -0.1) is 11.3 Å². The van der Waals surface area contributed by atoms with Crippen molar-refractivity contribution < 1.29 is 18.3 Å². The zero-order chi connectivity index (χ0) is 16.3. The van der Waals surface area contributed by atoms with E-state index in [9.17, 15) is 13.6 Å². The Labute approximate surface area is 132 Å². The van der Waals surface area contributed by atoms with Gasteiger partial charge in [0.2, 0.25) is 5.91 Å². The Morgan fingerprint density at radius 3 is 3.00 bits per heavy atom. The summed E-state index contributed by atoms with van der Waals surface area (Å²) in [4.78, 5) is 18.0. The molecule has 1 saturated heterocycles. The van der Waals surface area contributed by atoms with Crippen LogP contribution in [0.25, 0.3) is 0 Å². The number of aromatic nitrogens is 1. The first-order chi connectivity index (χ1) is 10.3. The minimum Gasteiger partial charge on any atom is -0.372 e. The van der Waals surface area contributed by atoms with Gasteiger partial charge < -0.3 is 9.64 Å². The van der Waals surface area contributed by atoms with E-state index < -0.39 is 24.9 Å². The van der Waals surface area contributed by atoms with E-state index in [2.05, 4.69) is 10.3 Å². The van der Waals surface area contributed by atoms with Gasteiger partial charge in [0.25, 0.3) is 5.92 Å². The number of carbonyl (C=O) groups excluding carboxylic acids is 1. The largest absolute Gasteiger partial charge is 0.372 e. The van der Waals surface area contributed by atoms with E-state index in [0.717, 1.165) is 10.7 Å². The normalized spacial score (nSPS) is 21.8. The van der Waals surface area contributed by atoms with Gasteiger partial charge in [-0.05, 0) is 13.8 Å². The maximum absolute atomic E-state index is 13.2. The number of alkyl halides is 2. The number of carbonyl (C=O) groups is 1. The van der Waals surface area contributed by atoms with Crippen molar-refractivity contribution in [2.75, 3.05) is 20.2 Å². The Morgan fingerprint density at radius 1 is 1.68 bits per heavy atom. The van der Waals surface area contributed by atoms with Crippen molar-refractivity contribution in [1.82, 2.24) is 15.2 Å². The average Bonchev–Trinajstić information content (AvgIpc) is 3.04. The van der Waals surface area contributed by atoms with E-state index >= 15 is 0 Å². The lowest BCUT2D eigenvalue weighted by molar-refractivity contribution is -0.133. The summed E-state index contributed by atoms with van der Waals surface area (Å²) in [5.74, 6) is -3.13. The molecule has 1 fully saturated rings. The lowest BCUT2D eigenvalue weighted by Gasteiger charge is -2.20. The Morgan fingerprint density at radius 2 is 2.41 bits per heavy atom. The number of nitrogens with zero attached hydrogens (tertiary/aromatic N) is 2. The molecule has 1 aliphatic heterocycles. The van der Waals surface area contributed by atoms with Crippen molar-refractivity contribution in [2.45, 2.75) is 44.9 Å². The molecule has 2 atom stereocenters. The second kappa shape index (κ2) is 6.97. The molecule has 0 bridgehead atoms. The molecule has 2 heterocycles. The summed E-state index contributed by atoms with van der Waals surface area (Å²) in [5, 5.41) is 5.29. The van der Waals surface area contributed by atoms with Gasteiger partial charge >= 0.3 is 0 Å². The number of hydrogen-bond donors (Lipinski definition) is 1. The summed E-state index contributed by atoms with van der Waals surface area (Å²) in [5.41, 5.74) is 0.743. The quantitative estimate of drug-likeness (QED) is 0.867. The molecule has 0 spiro atoms. The van der Waals surface area contributed by atoms with E-state index in [-0.39, 0.29) is 12.0 Å². The number of halogens is 2. The molecule has 1 N–H and O–H groups in total. The molecule has 124 valence electrons. The summed E-state index contributed by atoms with van der Waals surface area (Å²) in [6.45, 7) is 4.31.